The molecule has 3 N–H and O–H groups in total. The Bertz CT molecular complexity index is 504. The highest BCUT2D eigenvalue weighted by Crippen LogP contribution is 2.44. The number of anilines is 1. The van der Waals surface area contributed by atoms with Gasteiger partial charge in [0.15, 0.2) is 0 Å². The maximum absolute atomic E-state index is 12.5. The van der Waals surface area contributed by atoms with Crippen LogP contribution < -0.4 is 11.1 Å². The van der Waals surface area contributed by atoms with Gasteiger partial charge in [0.1, 0.15) is 5.82 Å². The molecule has 0 aliphatic heterocycles. The molecule has 1 fully saturated rings. The molecule has 1 amide bonds. The molecule has 2 rings (SSSR count). The zero-order chi connectivity index (χ0) is 14.9. The van der Waals surface area contributed by atoms with Gasteiger partial charge in [-0.25, -0.2) is 4.98 Å². The van der Waals surface area contributed by atoms with Gasteiger partial charge in [0, 0.05) is 23.2 Å². The zero-order valence-corrected chi connectivity index (χ0v) is 12.9. The van der Waals surface area contributed by atoms with E-state index >= 15 is 0 Å². The normalized spacial score (nSPS) is 28.9. The lowest BCUT2D eigenvalue weighted by Crippen LogP contribution is -2.50. The summed E-state index contributed by atoms with van der Waals surface area (Å²) in [5.74, 6) is 0.752. The van der Waals surface area contributed by atoms with Crippen molar-refractivity contribution in [1.82, 2.24) is 4.98 Å². The minimum absolute atomic E-state index is 0.00326. The lowest BCUT2D eigenvalue weighted by Gasteiger charge is -2.45. The number of halogens is 1. The second-order valence-electron chi connectivity index (χ2n) is 6.25. The minimum Gasteiger partial charge on any atom is -0.327 e. The van der Waals surface area contributed by atoms with E-state index in [-0.39, 0.29) is 23.3 Å². The monoisotopic (exact) mass is 295 g/mol. The number of pyridine rings is 1. The molecule has 1 heterocycles. The van der Waals surface area contributed by atoms with Crippen LogP contribution >= 0.6 is 11.6 Å². The number of amides is 1. The first-order valence-corrected chi connectivity index (χ1v) is 7.38. The Morgan fingerprint density at radius 3 is 2.85 bits per heavy atom. The van der Waals surface area contributed by atoms with Crippen molar-refractivity contribution in [2.24, 2.45) is 23.0 Å². The summed E-state index contributed by atoms with van der Waals surface area (Å²) in [6.45, 7) is 6.36. The Kier molecular flexibility index (Phi) is 4.35. The van der Waals surface area contributed by atoms with Gasteiger partial charge in [-0.3, -0.25) is 4.79 Å². The molecule has 0 radical (unpaired) electrons. The molecular formula is C15H22ClN3O. The molecule has 0 saturated heterocycles. The highest BCUT2D eigenvalue weighted by molar-refractivity contribution is 6.30. The molecule has 0 aromatic carbocycles. The van der Waals surface area contributed by atoms with E-state index in [1.54, 1.807) is 18.3 Å². The fourth-order valence-corrected chi connectivity index (χ4v) is 3.17. The first-order valence-electron chi connectivity index (χ1n) is 7.00. The predicted molar refractivity (Wildman–Crippen MR) is 81.5 cm³/mol. The van der Waals surface area contributed by atoms with Gasteiger partial charge < -0.3 is 11.1 Å². The van der Waals surface area contributed by atoms with E-state index in [2.05, 4.69) is 31.1 Å². The van der Waals surface area contributed by atoms with Crippen molar-refractivity contribution < 1.29 is 4.79 Å². The van der Waals surface area contributed by atoms with Crippen LogP contribution in [0.15, 0.2) is 18.3 Å². The number of hydrogen-bond acceptors (Lipinski definition) is 3. The number of hydrogen-bond donors (Lipinski definition) is 2. The second-order valence-corrected chi connectivity index (χ2v) is 6.69. The fourth-order valence-electron chi connectivity index (χ4n) is 3.01. The molecular weight excluding hydrogens is 274 g/mol. The Labute approximate surface area is 125 Å². The van der Waals surface area contributed by atoms with Crippen LogP contribution in [0.4, 0.5) is 5.82 Å². The maximum atomic E-state index is 12.5. The third kappa shape index (κ3) is 2.96. The number of nitrogens with two attached hydrogens (primary N) is 1. The molecule has 1 aromatic rings. The molecule has 0 spiro atoms. The number of aromatic nitrogens is 1. The third-order valence-corrected chi connectivity index (χ3v) is 5.03. The molecule has 4 nitrogen and oxygen atoms in total. The van der Waals surface area contributed by atoms with E-state index in [4.69, 9.17) is 17.3 Å². The maximum Gasteiger partial charge on any atom is 0.229 e. The molecule has 110 valence electrons. The van der Waals surface area contributed by atoms with Crippen LogP contribution in [0, 0.1) is 17.3 Å². The molecule has 1 aromatic heterocycles. The number of carbonyl (C=O) groups is 1. The summed E-state index contributed by atoms with van der Waals surface area (Å²) in [6, 6.07) is 3.51. The average molecular weight is 296 g/mol. The van der Waals surface area contributed by atoms with Crippen LogP contribution in [-0.2, 0) is 4.79 Å². The quantitative estimate of drug-likeness (QED) is 0.881. The molecule has 1 aliphatic rings. The van der Waals surface area contributed by atoms with Gasteiger partial charge in [-0.2, -0.15) is 0 Å². The summed E-state index contributed by atoms with van der Waals surface area (Å²) >= 11 is 5.90. The molecule has 1 aliphatic carbocycles. The van der Waals surface area contributed by atoms with Crippen LogP contribution in [0.2, 0.25) is 5.02 Å². The highest BCUT2D eigenvalue weighted by atomic mass is 35.5. The first-order chi connectivity index (χ1) is 9.32. The van der Waals surface area contributed by atoms with Gasteiger partial charge in [0.2, 0.25) is 5.91 Å². The SMILES string of the molecule is CC1C(N)CCC(C(=O)Nc2cc(Cl)ccn2)C1(C)C. The second kappa shape index (κ2) is 5.70. The Hall–Kier alpha value is -1.13. The van der Waals surface area contributed by atoms with Crippen molar-refractivity contribution >= 4 is 23.3 Å². The Morgan fingerprint density at radius 2 is 2.20 bits per heavy atom. The van der Waals surface area contributed by atoms with Crippen molar-refractivity contribution in [2.45, 2.75) is 39.7 Å². The van der Waals surface area contributed by atoms with E-state index in [1.807, 2.05) is 0 Å². The largest absolute Gasteiger partial charge is 0.327 e. The Morgan fingerprint density at radius 1 is 1.50 bits per heavy atom. The van der Waals surface area contributed by atoms with E-state index in [0.29, 0.717) is 16.8 Å². The molecule has 3 atom stereocenters. The summed E-state index contributed by atoms with van der Waals surface area (Å²) < 4.78 is 0. The van der Waals surface area contributed by atoms with E-state index in [9.17, 15) is 4.79 Å². The first kappa shape index (κ1) is 15.3. The van der Waals surface area contributed by atoms with Gasteiger partial charge in [0.05, 0.1) is 0 Å². The van der Waals surface area contributed by atoms with Gasteiger partial charge in [-0.15, -0.1) is 0 Å². The van der Waals surface area contributed by atoms with Gasteiger partial charge in [-0.05, 0) is 36.3 Å². The van der Waals surface area contributed by atoms with E-state index < -0.39 is 0 Å². The number of rotatable bonds is 2. The van der Waals surface area contributed by atoms with Crippen molar-refractivity contribution in [2.75, 3.05) is 5.32 Å². The van der Waals surface area contributed by atoms with Crippen LogP contribution in [0.1, 0.15) is 33.6 Å². The number of carbonyl (C=O) groups excluding carboxylic acids is 1. The molecule has 0 bridgehead atoms. The van der Waals surface area contributed by atoms with Crippen LogP contribution in [0.3, 0.4) is 0 Å². The molecule has 20 heavy (non-hydrogen) atoms. The van der Waals surface area contributed by atoms with Crippen LogP contribution in [0.5, 0.6) is 0 Å². The van der Waals surface area contributed by atoms with Gasteiger partial charge >= 0.3 is 0 Å². The molecule has 3 unspecified atom stereocenters. The smallest absolute Gasteiger partial charge is 0.229 e. The summed E-state index contributed by atoms with van der Waals surface area (Å²) in [5, 5.41) is 3.43. The van der Waals surface area contributed by atoms with E-state index in [0.717, 1.165) is 12.8 Å². The highest BCUT2D eigenvalue weighted by Gasteiger charge is 2.45. The van der Waals surface area contributed by atoms with Gasteiger partial charge in [0.25, 0.3) is 0 Å². The lowest BCUT2D eigenvalue weighted by atomic mass is 9.61. The fraction of sp³-hybridized carbons (Fsp3) is 0.600. The third-order valence-electron chi connectivity index (χ3n) is 4.79. The van der Waals surface area contributed by atoms with Crippen LogP contribution in [-0.4, -0.2) is 16.9 Å². The summed E-state index contributed by atoms with van der Waals surface area (Å²) in [5.41, 5.74) is 6.00. The predicted octanol–water partition coefficient (Wildman–Crippen LogP) is 3.07. The van der Waals surface area contributed by atoms with Crippen molar-refractivity contribution in [3.63, 3.8) is 0 Å². The standard InChI is InChI=1S/C15H22ClN3O/c1-9-12(17)5-4-11(15(9,2)3)14(20)19-13-8-10(16)6-7-18-13/h6-9,11-12H,4-5,17H2,1-3H3,(H,18,19,20). The topological polar surface area (TPSA) is 68.0 Å². The average Bonchev–Trinajstić information content (AvgIpc) is 2.36. The minimum atomic E-state index is -0.125. The van der Waals surface area contributed by atoms with E-state index in [1.165, 1.54) is 0 Å². The summed E-state index contributed by atoms with van der Waals surface area (Å²) in [4.78, 5) is 16.6. The summed E-state index contributed by atoms with van der Waals surface area (Å²) in [6.07, 6.45) is 3.28. The van der Waals surface area contributed by atoms with Crippen LogP contribution in [0.25, 0.3) is 0 Å². The molecule has 5 heteroatoms. The molecule has 1 saturated carbocycles. The zero-order valence-electron chi connectivity index (χ0n) is 12.2. The van der Waals surface area contributed by atoms with Crippen molar-refractivity contribution in [1.29, 1.82) is 0 Å². The number of nitrogens with one attached hydrogen (secondary N) is 1. The number of nitrogens with zero attached hydrogens (tertiary/aromatic N) is 1. The summed E-state index contributed by atoms with van der Waals surface area (Å²) in [7, 11) is 0. The van der Waals surface area contributed by atoms with Crippen molar-refractivity contribution in [3.8, 4) is 0 Å². The van der Waals surface area contributed by atoms with Gasteiger partial charge in [-0.1, -0.05) is 32.4 Å². The lowest BCUT2D eigenvalue weighted by molar-refractivity contribution is -0.127. The van der Waals surface area contributed by atoms with Crippen molar-refractivity contribution in [3.05, 3.63) is 23.4 Å². The Balaban J connectivity index is 2.13.